The summed E-state index contributed by atoms with van der Waals surface area (Å²) in [6, 6.07) is 0. The molecule has 1 N–H and O–H groups in total. The van der Waals surface area contributed by atoms with Gasteiger partial charge in [-0.15, -0.1) is 0 Å². The van der Waals surface area contributed by atoms with Crippen molar-refractivity contribution < 1.29 is 29.0 Å². The van der Waals surface area contributed by atoms with E-state index in [2.05, 4.69) is 20.8 Å². The number of carbonyl (C=O) groups excluding carboxylic acids is 4. The first kappa shape index (κ1) is 28.0. The van der Waals surface area contributed by atoms with Gasteiger partial charge in [-0.05, 0) is 84.4 Å². The molecule has 0 aromatic rings. The number of aliphatic hydroxyl groups is 1. The van der Waals surface area contributed by atoms with Crippen LogP contribution in [0.1, 0.15) is 99.8 Å². The molecule has 6 heteroatoms. The normalized spacial score (nSPS) is 47.5. The molecule has 5 aliphatic rings. The Balaban J connectivity index is 1.49. The van der Waals surface area contributed by atoms with Gasteiger partial charge in [0.25, 0.3) is 0 Å². The van der Waals surface area contributed by atoms with Gasteiger partial charge < -0.3 is 9.84 Å². The smallest absolute Gasteiger partial charge is 0.302 e. The van der Waals surface area contributed by atoms with Gasteiger partial charge in [0, 0.05) is 43.6 Å². The summed E-state index contributed by atoms with van der Waals surface area (Å²) in [6.45, 7) is 13.5. The van der Waals surface area contributed by atoms with Crippen molar-refractivity contribution >= 4 is 23.3 Å². The zero-order chi connectivity index (χ0) is 28.0. The number of rotatable bonds is 7. The van der Waals surface area contributed by atoms with E-state index in [0.717, 1.165) is 38.5 Å². The van der Waals surface area contributed by atoms with Crippen molar-refractivity contribution in [1.29, 1.82) is 0 Å². The molecule has 5 fully saturated rings. The molecule has 0 aromatic heterocycles. The van der Waals surface area contributed by atoms with Crippen LogP contribution in [0, 0.1) is 63.1 Å². The summed E-state index contributed by atoms with van der Waals surface area (Å²) in [5.74, 6) is -1.21. The second kappa shape index (κ2) is 8.97. The Labute approximate surface area is 228 Å². The summed E-state index contributed by atoms with van der Waals surface area (Å²) in [5, 5.41) is 9.57. The predicted octanol–water partition coefficient (Wildman–Crippen LogP) is 5.18. The van der Waals surface area contributed by atoms with Crippen LogP contribution >= 0.6 is 0 Å². The lowest BCUT2D eigenvalue weighted by Crippen LogP contribution is -2.56. The fourth-order valence-corrected chi connectivity index (χ4v) is 11.2. The Hall–Kier alpha value is -1.56. The molecule has 5 aliphatic carbocycles. The average Bonchev–Trinajstić information content (AvgIpc) is 3.48. The van der Waals surface area contributed by atoms with Gasteiger partial charge in [-0.1, -0.05) is 41.5 Å². The van der Waals surface area contributed by atoms with Crippen LogP contribution in [0.25, 0.3) is 0 Å². The van der Waals surface area contributed by atoms with Crippen molar-refractivity contribution in [2.24, 2.45) is 63.1 Å². The van der Waals surface area contributed by atoms with Crippen LogP contribution in [-0.4, -0.2) is 41.1 Å². The molecule has 0 heterocycles. The largest absolute Gasteiger partial charge is 0.462 e. The summed E-state index contributed by atoms with van der Waals surface area (Å²) in [7, 11) is 0. The van der Waals surface area contributed by atoms with Crippen molar-refractivity contribution in [3.63, 3.8) is 0 Å². The standard InChI is InChI=1S/C32H48O6/c1-17(15-33)18(2)27(36)28(37)20(4)26-24(38-21(5)34)14-30(7)25-9-8-22-19(3)23(35)10-11-31(22)16-32(25,31)13-12-29(26,30)6/h17-20,22,24-26,33H,8-16H2,1-7H3. The molecule has 0 saturated heterocycles. The number of hydrogen-bond acceptors (Lipinski definition) is 6. The zero-order valence-electron chi connectivity index (χ0n) is 24.5. The lowest BCUT2D eigenvalue weighted by Gasteiger charge is -2.61. The highest BCUT2D eigenvalue weighted by atomic mass is 16.5. The lowest BCUT2D eigenvalue weighted by atomic mass is 9.43. The van der Waals surface area contributed by atoms with Crippen molar-refractivity contribution in [3.8, 4) is 0 Å². The first-order valence-corrected chi connectivity index (χ1v) is 15.1. The third-order valence-electron chi connectivity index (χ3n) is 13.6. The summed E-state index contributed by atoms with van der Waals surface area (Å²) >= 11 is 0. The quantitative estimate of drug-likeness (QED) is 0.361. The topological polar surface area (TPSA) is 97.7 Å². The van der Waals surface area contributed by atoms with Crippen LogP contribution in [0.2, 0.25) is 0 Å². The highest BCUT2D eigenvalue weighted by Crippen LogP contribution is 2.88. The Morgan fingerprint density at radius 2 is 1.68 bits per heavy atom. The maximum atomic E-state index is 13.6. The van der Waals surface area contributed by atoms with Crippen LogP contribution in [0.5, 0.6) is 0 Å². The van der Waals surface area contributed by atoms with Gasteiger partial charge in [0.05, 0.1) is 0 Å². The molecule has 0 radical (unpaired) electrons. The summed E-state index contributed by atoms with van der Waals surface area (Å²) in [6.07, 6.45) is 7.48. The molecule has 38 heavy (non-hydrogen) atoms. The highest BCUT2D eigenvalue weighted by molar-refractivity contribution is 6.38. The van der Waals surface area contributed by atoms with Gasteiger partial charge in [-0.3, -0.25) is 19.2 Å². The van der Waals surface area contributed by atoms with Crippen LogP contribution < -0.4 is 0 Å². The average molecular weight is 529 g/mol. The number of aliphatic hydroxyl groups excluding tert-OH is 1. The van der Waals surface area contributed by atoms with E-state index in [1.165, 1.54) is 13.3 Å². The summed E-state index contributed by atoms with van der Waals surface area (Å²) in [5.41, 5.74) is 0.173. The van der Waals surface area contributed by atoms with E-state index in [9.17, 15) is 24.3 Å². The minimum Gasteiger partial charge on any atom is -0.462 e. The third-order valence-corrected chi connectivity index (χ3v) is 13.6. The van der Waals surface area contributed by atoms with Crippen molar-refractivity contribution in [1.82, 2.24) is 0 Å². The third kappa shape index (κ3) is 3.46. The molecule has 5 rings (SSSR count). The Kier molecular flexibility index (Phi) is 6.61. The van der Waals surface area contributed by atoms with E-state index in [1.54, 1.807) is 13.8 Å². The molecular formula is C32H48O6. The fraction of sp³-hybridized carbons (Fsp3) is 0.875. The number of ketones is 3. The Morgan fingerprint density at radius 1 is 1.00 bits per heavy atom. The summed E-state index contributed by atoms with van der Waals surface area (Å²) in [4.78, 5) is 51.8. The number of ether oxygens (including phenoxy) is 1. The van der Waals surface area contributed by atoms with Crippen molar-refractivity contribution in [2.45, 2.75) is 106 Å². The first-order valence-electron chi connectivity index (χ1n) is 15.1. The molecule has 0 aromatic carbocycles. The Bertz CT molecular complexity index is 1050. The molecule has 12 unspecified atom stereocenters. The first-order chi connectivity index (χ1) is 17.7. The second-order valence-corrected chi connectivity index (χ2v) is 14.7. The van der Waals surface area contributed by atoms with Gasteiger partial charge >= 0.3 is 5.97 Å². The van der Waals surface area contributed by atoms with E-state index in [4.69, 9.17) is 4.74 Å². The van der Waals surface area contributed by atoms with E-state index >= 15 is 0 Å². The van der Waals surface area contributed by atoms with Gasteiger partial charge in [0.2, 0.25) is 11.6 Å². The maximum absolute atomic E-state index is 13.6. The molecule has 212 valence electrons. The van der Waals surface area contributed by atoms with Crippen LogP contribution in [0.4, 0.5) is 0 Å². The van der Waals surface area contributed by atoms with Crippen molar-refractivity contribution in [3.05, 3.63) is 0 Å². The van der Waals surface area contributed by atoms with Crippen LogP contribution in [-0.2, 0) is 23.9 Å². The van der Waals surface area contributed by atoms with E-state index in [0.29, 0.717) is 24.0 Å². The van der Waals surface area contributed by atoms with Crippen molar-refractivity contribution in [2.75, 3.05) is 6.61 Å². The van der Waals surface area contributed by atoms with Gasteiger partial charge in [-0.25, -0.2) is 0 Å². The molecule has 12 atom stereocenters. The number of esters is 1. The number of carbonyl (C=O) groups is 4. The number of hydrogen-bond donors (Lipinski definition) is 1. The molecule has 0 amide bonds. The van der Waals surface area contributed by atoms with Crippen LogP contribution in [0.3, 0.4) is 0 Å². The zero-order valence-corrected chi connectivity index (χ0v) is 24.5. The lowest BCUT2D eigenvalue weighted by molar-refractivity contribution is -0.157. The van der Waals surface area contributed by atoms with Crippen LogP contribution in [0.15, 0.2) is 0 Å². The van der Waals surface area contributed by atoms with Gasteiger partial charge in [0.1, 0.15) is 11.9 Å². The molecular weight excluding hydrogens is 480 g/mol. The maximum Gasteiger partial charge on any atom is 0.302 e. The SMILES string of the molecule is CC(=O)OC1CC2(C)C3CCC4C(C)C(=O)CCC45CC35CCC2(C)C1C(C)C(=O)C(=O)C(C)C(C)CO. The van der Waals surface area contributed by atoms with E-state index < -0.39 is 29.5 Å². The molecule has 5 saturated carbocycles. The number of fused-ring (bicyclic) bond motifs is 2. The molecule has 0 bridgehead atoms. The second-order valence-electron chi connectivity index (χ2n) is 14.7. The van der Waals surface area contributed by atoms with Gasteiger partial charge in [0.15, 0.2) is 0 Å². The fourth-order valence-electron chi connectivity index (χ4n) is 11.2. The Morgan fingerprint density at radius 3 is 2.32 bits per heavy atom. The van der Waals surface area contributed by atoms with Gasteiger partial charge in [-0.2, -0.15) is 0 Å². The minimum atomic E-state index is -0.558. The minimum absolute atomic E-state index is 0.114. The predicted molar refractivity (Wildman–Crippen MR) is 143 cm³/mol. The number of Topliss-reactive ketones (excluding diaryl/α,β-unsaturated/α-hetero) is 3. The van der Waals surface area contributed by atoms with E-state index in [1.807, 2.05) is 6.92 Å². The van der Waals surface area contributed by atoms with E-state index in [-0.39, 0.29) is 52.0 Å². The highest BCUT2D eigenvalue weighted by Gasteiger charge is 2.82. The molecule has 6 nitrogen and oxygen atoms in total. The summed E-state index contributed by atoms with van der Waals surface area (Å²) < 4.78 is 6.00. The molecule has 0 aliphatic heterocycles. The monoisotopic (exact) mass is 528 g/mol. The molecule has 2 spiro atoms.